The van der Waals surface area contributed by atoms with Crippen molar-refractivity contribution in [2.75, 3.05) is 0 Å². The van der Waals surface area contributed by atoms with Gasteiger partial charge in [0.2, 0.25) is 0 Å². The van der Waals surface area contributed by atoms with Crippen molar-refractivity contribution < 1.29 is 10.2 Å². The maximum Gasteiger partial charge on any atom is 0.0703 e. The summed E-state index contributed by atoms with van der Waals surface area (Å²) in [4.78, 5) is 0. The smallest absolute Gasteiger partial charge is 0.0703 e. The normalized spacial score (nSPS) is 11.8. The van der Waals surface area contributed by atoms with Crippen molar-refractivity contribution in [1.29, 1.82) is 0 Å². The van der Waals surface area contributed by atoms with Gasteiger partial charge < -0.3 is 10.2 Å². The third kappa shape index (κ3) is 3.93. The van der Waals surface area contributed by atoms with Crippen LogP contribution in [0.2, 0.25) is 0 Å². The highest BCUT2D eigenvalue weighted by molar-refractivity contribution is 9.11. The van der Waals surface area contributed by atoms with Gasteiger partial charge in [-0.1, -0.05) is 77.6 Å². The number of halogens is 4. The van der Waals surface area contributed by atoms with Gasteiger partial charge in [-0.3, -0.25) is 0 Å². The molecule has 0 aromatic heterocycles. The second kappa shape index (κ2) is 7.67. The molecule has 2 nitrogen and oxygen atoms in total. The molecule has 0 radical (unpaired) electrons. The first-order valence-electron chi connectivity index (χ1n) is 6.90. The predicted octanol–water partition coefficient (Wildman–Crippen LogP) is 6.05. The Morgan fingerprint density at radius 3 is 1.17 bits per heavy atom. The Morgan fingerprint density at radius 1 is 0.696 bits per heavy atom. The predicted molar refractivity (Wildman–Crippen MR) is 108 cm³/mol. The molecule has 23 heavy (non-hydrogen) atoms. The molecule has 0 saturated heterocycles. The summed E-state index contributed by atoms with van der Waals surface area (Å²) in [5, 5.41) is 18.9. The summed E-state index contributed by atoms with van der Waals surface area (Å²) < 4.78 is 3.51. The Kier molecular flexibility index (Phi) is 6.53. The van der Waals surface area contributed by atoms with E-state index in [1.54, 1.807) is 0 Å². The fraction of sp³-hybridized carbons (Fsp3) is 0.294. The topological polar surface area (TPSA) is 40.5 Å². The molecule has 0 fully saturated rings. The number of aliphatic hydroxyl groups is 2. The zero-order valence-electron chi connectivity index (χ0n) is 12.6. The maximum atomic E-state index is 9.44. The highest BCUT2D eigenvalue weighted by Gasteiger charge is 2.26. The van der Waals surface area contributed by atoms with E-state index in [1.165, 1.54) is 0 Å². The molecule has 6 heteroatoms. The van der Waals surface area contributed by atoms with Crippen LogP contribution >= 0.6 is 63.7 Å². The highest BCUT2D eigenvalue weighted by atomic mass is 79.9. The summed E-state index contributed by atoms with van der Waals surface area (Å²) in [6.45, 7) is 4.24. The molecule has 2 rings (SSSR count). The van der Waals surface area contributed by atoms with E-state index in [4.69, 9.17) is 0 Å². The van der Waals surface area contributed by atoms with Crippen molar-refractivity contribution >= 4 is 63.7 Å². The van der Waals surface area contributed by atoms with Crippen LogP contribution in [0.15, 0.2) is 42.2 Å². The minimum atomic E-state index is -0.252. The third-order valence-electron chi connectivity index (χ3n) is 4.04. The minimum absolute atomic E-state index is 0.0236. The van der Waals surface area contributed by atoms with Gasteiger partial charge in [0.1, 0.15) is 0 Å². The van der Waals surface area contributed by atoms with Crippen molar-refractivity contribution in [2.45, 2.75) is 32.5 Å². The second-order valence-corrected chi connectivity index (χ2v) is 9.20. The van der Waals surface area contributed by atoms with E-state index in [0.717, 1.165) is 40.1 Å². The molecule has 0 unspecified atom stereocenters. The first-order chi connectivity index (χ1) is 10.7. The summed E-state index contributed by atoms with van der Waals surface area (Å²) in [6.07, 6.45) is 0. The maximum absolute atomic E-state index is 9.44. The standard InChI is InChI=1S/C17H16Br4O2/c1-17(2,9-3-13(18)11(7-22)14(19)4-9)10-5-15(20)12(8-23)16(21)6-10/h3-6,22-23H,7-8H2,1-2H3. The van der Waals surface area contributed by atoms with E-state index in [0.29, 0.717) is 0 Å². The van der Waals surface area contributed by atoms with E-state index < -0.39 is 0 Å². The van der Waals surface area contributed by atoms with Crippen molar-refractivity contribution in [3.8, 4) is 0 Å². The summed E-state index contributed by atoms with van der Waals surface area (Å²) in [7, 11) is 0. The molecule has 2 aromatic rings. The monoisotopic (exact) mass is 568 g/mol. The molecular formula is C17H16Br4O2. The summed E-state index contributed by atoms with van der Waals surface area (Å²) in [5.74, 6) is 0. The van der Waals surface area contributed by atoms with E-state index >= 15 is 0 Å². The first kappa shape index (κ1) is 19.6. The number of hydrogen-bond acceptors (Lipinski definition) is 2. The zero-order chi connectivity index (χ0) is 17.4. The lowest BCUT2D eigenvalue weighted by atomic mass is 9.78. The Labute approximate surface area is 169 Å². The van der Waals surface area contributed by atoms with Crippen molar-refractivity contribution in [2.24, 2.45) is 0 Å². The third-order valence-corrected chi connectivity index (χ3v) is 6.87. The van der Waals surface area contributed by atoms with Gasteiger partial charge >= 0.3 is 0 Å². The highest BCUT2D eigenvalue weighted by Crippen LogP contribution is 2.40. The van der Waals surface area contributed by atoms with Crippen molar-refractivity contribution in [3.63, 3.8) is 0 Å². The largest absolute Gasteiger partial charge is 0.392 e. The fourth-order valence-electron chi connectivity index (χ4n) is 2.40. The number of hydrogen-bond donors (Lipinski definition) is 2. The molecule has 0 spiro atoms. The van der Waals surface area contributed by atoms with Crippen LogP contribution in [-0.2, 0) is 18.6 Å². The van der Waals surface area contributed by atoms with Crippen molar-refractivity contribution in [3.05, 3.63) is 64.4 Å². The Morgan fingerprint density at radius 2 is 0.957 bits per heavy atom. The summed E-state index contributed by atoms with van der Waals surface area (Å²) in [5.41, 5.74) is 3.65. The van der Waals surface area contributed by atoms with Gasteiger partial charge in [-0.15, -0.1) is 0 Å². The van der Waals surface area contributed by atoms with Crippen LogP contribution in [0.4, 0.5) is 0 Å². The molecule has 0 bridgehead atoms. The molecule has 0 heterocycles. The van der Waals surface area contributed by atoms with Crippen LogP contribution in [0.1, 0.15) is 36.1 Å². The second-order valence-electron chi connectivity index (χ2n) is 5.78. The van der Waals surface area contributed by atoms with Gasteiger partial charge in [-0.05, 0) is 35.4 Å². The molecule has 0 amide bonds. The van der Waals surface area contributed by atoms with Crippen LogP contribution in [0, 0.1) is 0 Å². The molecular weight excluding hydrogens is 556 g/mol. The van der Waals surface area contributed by atoms with Gasteiger partial charge in [0.25, 0.3) is 0 Å². The van der Waals surface area contributed by atoms with Gasteiger partial charge in [0, 0.05) is 34.4 Å². The lowest BCUT2D eigenvalue weighted by Gasteiger charge is -2.28. The summed E-state index contributed by atoms with van der Waals surface area (Å²) >= 11 is 14.1. The van der Waals surface area contributed by atoms with E-state index in [9.17, 15) is 10.2 Å². The molecule has 124 valence electrons. The zero-order valence-corrected chi connectivity index (χ0v) is 19.0. The van der Waals surface area contributed by atoms with Crippen LogP contribution in [-0.4, -0.2) is 10.2 Å². The SMILES string of the molecule is CC(C)(c1cc(Br)c(CO)c(Br)c1)c1cc(Br)c(CO)c(Br)c1. The fourth-order valence-corrected chi connectivity index (χ4v) is 5.27. The number of aliphatic hydroxyl groups excluding tert-OH is 2. The van der Waals surface area contributed by atoms with Gasteiger partial charge in [-0.25, -0.2) is 0 Å². The minimum Gasteiger partial charge on any atom is -0.392 e. The average Bonchev–Trinajstić information content (AvgIpc) is 2.46. The molecule has 2 aromatic carbocycles. The van der Waals surface area contributed by atoms with E-state index in [2.05, 4.69) is 77.6 Å². The number of rotatable bonds is 4. The molecule has 2 N–H and O–H groups in total. The van der Waals surface area contributed by atoms with Crippen LogP contribution in [0.5, 0.6) is 0 Å². The molecule has 0 aliphatic rings. The van der Waals surface area contributed by atoms with E-state index in [-0.39, 0.29) is 18.6 Å². The van der Waals surface area contributed by atoms with Crippen LogP contribution in [0.3, 0.4) is 0 Å². The lowest BCUT2D eigenvalue weighted by molar-refractivity contribution is 0.280. The molecule has 0 saturated carbocycles. The van der Waals surface area contributed by atoms with Crippen LogP contribution < -0.4 is 0 Å². The average molecular weight is 572 g/mol. The van der Waals surface area contributed by atoms with Gasteiger partial charge in [0.15, 0.2) is 0 Å². The first-order valence-corrected chi connectivity index (χ1v) is 10.1. The number of benzene rings is 2. The Hall–Kier alpha value is 0.280. The Bertz CT molecular complexity index is 634. The quantitative estimate of drug-likeness (QED) is 0.469. The van der Waals surface area contributed by atoms with Crippen LogP contribution in [0.25, 0.3) is 0 Å². The van der Waals surface area contributed by atoms with E-state index in [1.807, 2.05) is 24.3 Å². The van der Waals surface area contributed by atoms with Gasteiger partial charge in [0.05, 0.1) is 13.2 Å². The molecule has 0 aliphatic carbocycles. The Balaban J connectivity index is 2.59. The van der Waals surface area contributed by atoms with Crippen molar-refractivity contribution in [1.82, 2.24) is 0 Å². The molecule has 0 atom stereocenters. The summed E-state index contributed by atoms with van der Waals surface area (Å²) in [6, 6.07) is 8.16. The van der Waals surface area contributed by atoms with Gasteiger partial charge in [-0.2, -0.15) is 0 Å². The molecule has 0 aliphatic heterocycles. The lowest BCUT2D eigenvalue weighted by Crippen LogP contribution is -2.19.